The second kappa shape index (κ2) is 7.57. The minimum Gasteiger partial charge on any atom is -0.462 e. The summed E-state index contributed by atoms with van der Waals surface area (Å²) in [6.07, 6.45) is 5.72. The molecular weight excluding hydrogens is 512 g/mol. The second-order valence-electron chi connectivity index (χ2n) is 14.0. The molecule has 1 spiro atoms. The first kappa shape index (κ1) is 26.2. The maximum absolute atomic E-state index is 14.5. The molecule has 7 rings (SSSR count). The summed E-state index contributed by atoms with van der Waals surface area (Å²) >= 11 is 0. The van der Waals surface area contributed by atoms with Crippen LogP contribution in [0.25, 0.3) is 0 Å². The molecule has 2 N–H and O–H groups in total. The van der Waals surface area contributed by atoms with Crippen molar-refractivity contribution in [2.75, 3.05) is 0 Å². The molecule has 3 saturated carbocycles. The van der Waals surface area contributed by atoms with E-state index >= 15 is 0 Å². The molecule has 2 aliphatic heterocycles. The van der Waals surface area contributed by atoms with Crippen LogP contribution in [0.1, 0.15) is 59.8 Å². The second-order valence-corrected chi connectivity index (χ2v) is 14.0. The maximum Gasteiger partial charge on any atom is 0.334 e. The van der Waals surface area contributed by atoms with E-state index in [9.17, 15) is 24.6 Å². The highest BCUT2D eigenvalue weighted by atomic mass is 16.6. The van der Waals surface area contributed by atoms with Gasteiger partial charge in [-0.2, -0.15) is 0 Å². The van der Waals surface area contributed by atoms with Crippen molar-refractivity contribution in [2.24, 2.45) is 39.9 Å². The van der Waals surface area contributed by atoms with Crippen LogP contribution >= 0.6 is 0 Å². The lowest BCUT2D eigenvalue weighted by Gasteiger charge is -2.46. The van der Waals surface area contributed by atoms with Crippen molar-refractivity contribution in [3.8, 4) is 0 Å². The lowest BCUT2D eigenvalue weighted by atomic mass is 9.54. The number of hydrogen-bond acceptors (Lipinski definition) is 8. The normalized spacial score (nSPS) is 53.8. The first-order valence-corrected chi connectivity index (χ1v) is 14.4. The molecule has 5 fully saturated rings. The molecule has 2 bridgehead atoms. The van der Waals surface area contributed by atoms with Gasteiger partial charge in [-0.1, -0.05) is 43.9 Å². The highest BCUT2D eigenvalue weighted by Crippen LogP contribution is 2.80. The molecule has 5 aliphatic carbocycles. The Kier molecular flexibility index (Phi) is 4.96. The Hall–Kier alpha value is -2.71. The van der Waals surface area contributed by atoms with E-state index in [1.54, 1.807) is 0 Å². The molecule has 0 aromatic carbocycles. The van der Waals surface area contributed by atoms with Gasteiger partial charge in [0, 0.05) is 41.6 Å². The van der Waals surface area contributed by atoms with E-state index < -0.39 is 81.4 Å². The standard InChI is InChI=1S/C32H38O8/c1-15-7-10-32(37)16(2)13-20(38-18(4)33)22-24(21(15)32)40-27(35)31(22)14-30-12-11-28(31,5)25(30)23-19(8-9-29(30,6)36)17(3)26(34)39-23/h7,11-12,19-25,36-37H,2-3,8-10,13-14H2,1,4-6H3. The Morgan fingerprint density at radius 2 is 1.85 bits per heavy atom. The molecule has 0 radical (unpaired) electrons. The fourth-order valence-electron chi connectivity index (χ4n) is 10.6. The predicted molar refractivity (Wildman–Crippen MR) is 142 cm³/mol. The van der Waals surface area contributed by atoms with Crippen LogP contribution in [-0.4, -0.2) is 57.6 Å². The zero-order valence-electron chi connectivity index (χ0n) is 23.6. The van der Waals surface area contributed by atoms with Gasteiger partial charge in [-0.3, -0.25) is 9.59 Å². The molecule has 0 aromatic heterocycles. The average molecular weight is 551 g/mol. The topological polar surface area (TPSA) is 119 Å². The summed E-state index contributed by atoms with van der Waals surface area (Å²) in [6.45, 7) is 15.4. The van der Waals surface area contributed by atoms with Gasteiger partial charge >= 0.3 is 17.9 Å². The van der Waals surface area contributed by atoms with Crippen LogP contribution in [0.2, 0.25) is 0 Å². The molecule has 0 aromatic rings. The van der Waals surface area contributed by atoms with E-state index in [0.717, 1.165) is 5.57 Å². The lowest BCUT2D eigenvalue weighted by molar-refractivity contribution is -0.161. The summed E-state index contributed by atoms with van der Waals surface area (Å²) in [5.41, 5.74) is -3.63. The largest absolute Gasteiger partial charge is 0.462 e. The molecule has 214 valence electrons. The van der Waals surface area contributed by atoms with Crippen LogP contribution in [0.4, 0.5) is 0 Å². The molecule has 40 heavy (non-hydrogen) atoms. The van der Waals surface area contributed by atoms with Gasteiger partial charge < -0.3 is 24.4 Å². The summed E-state index contributed by atoms with van der Waals surface area (Å²) in [4.78, 5) is 39.8. The number of ether oxygens (including phenoxy) is 3. The van der Waals surface area contributed by atoms with Crippen molar-refractivity contribution in [1.82, 2.24) is 0 Å². The Balaban J connectivity index is 1.46. The first-order chi connectivity index (χ1) is 18.6. The van der Waals surface area contributed by atoms with Crippen molar-refractivity contribution in [3.05, 3.63) is 48.1 Å². The van der Waals surface area contributed by atoms with Crippen LogP contribution in [0.15, 0.2) is 48.1 Å². The summed E-state index contributed by atoms with van der Waals surface area (Å²) in [5.74, 6) is -3.15. The molecular formula is C32H38O8. The minimum absolute atomic E-state index is 0.193. The molecule has 12 atom stereocenters. The van der Waals surface area contributed by atoms with Crippen molar-refractivity contribution >= 4 is 17.9 Å². The number of carbonyl (C=O) groups is 3. The number of carbonyl (C=O) groups excluding carboxylic acids is 3. The molecule has 7 aliphatic rings. The van der Waals surface area contributed by atoms with Crippen LogP contribution in [0.3, 0.4) is 0 Å². The van der Waals surface area contributed by atoms with E-state index in [0.29, 0.717) is 30.4 Å². The predicted octanol–water partition coefficient (Wildman–Crippen LogP) is 3.33. The van der Waals surface area contributed by atoms with Crippen molar-refractivity contribution in [3.63, 3.8) is 0 Å². The highest BCUT2D eigenvalue weighted by Gasteiger charge is 2.84. The highest BCUT2D eigenvalue weighted by molar-refractivity contribution is 5.91. The number of hydrogen-bond donors (Lipinski definition) is 2. The molecule has 8 nitrogen and oxygen atoms in total. The average Bonchev–Trinajstić information content (AvgIpc) is 3.55. The first-order valence-electron chi connectivity index (χ1n) is 14.4. The van der Waals surface area contributed by atoms with Gasteiger partial charge in [0.1, 0.15) is 18.3 Å². The summed E-state index contributed by atoms with van der Waals surface area (Å²) in [7, 11) is 0. The Labute approximate surface area is 234 Å². The Bertz CT molecular complexity index is 1360. The van der Waals surface area contributed by atoms with Crippen LogP contribution in [0, 0.1) is 39.9 Å². The molecule has 2 saturated heterocycles. The van der Waals surface area contributed by atoms with Gasteiger partial charge in [-0.25, -0.2) is 4.79 Å². The van der Waals surface area contributed by atoms with Crippen molar-refractivity contribution < 1.29 is 38.8 Å². The van der Waals surface area contributed by atoms with E-state index in [2.05, 4.69) is 13.2 Å². The zero-order valence-corrected chi connectivity index (χ0v) is 23.6. The Morgan fingerprint density at radius 1 is 1.12 bits per heavy atom. The van der Waals surface area contributed by atoms with Crippen molar-refractivity contribution in [1.29, 1.82) is 0 Å². The van der Waals surface area contributed by atoms with Gasteiger partial charge in [0.15, 0.2) is 0 Å². The fraction of sp³-hybridized carbons (Fsp3) is 0.656. The van der Waals surface area contributed by atoms with Gasteiger partial charge in [0.2, 0.25) is 0 Å². The van der Waals surface area contributed by atoms with E-state index in [1.165, 1.54) is 6.92 Å². The van der Waals surface area contributed by atoms with Gasteiger partial charge in [-0.15, -0.1) is 0 Å². The van der Waals surface area contributed by atoms with E-state index in [-0.39, 0.29) is 18.8 Å². The number of rotatable bonds is 1. The van der Waals surface area contributed by atoms with Gasteiger partial charge in [0.25, 0.3) is 0 Å². The number of aliphatic hydroxyl groups is 2. The monoisotopic (exact) mass is 550 g/mol. The van der Waals surface area contributed by atoms with E-state index in [4.69, 9.17) is 14.2 Å². The molecule has 0 amide bonds. The van der Waals surface area contributed by atoms with Crippen molar-refractivity contribution in [2.45, 2.75) is 89.3 Å². The minimum atomic E-state index is -1.32. The SMILES string of the molecule is C=C1C(=O)OC2C1CCC(C)(O)C13C=CC(C)(C21)C1(C3)C(=O)OC2C3C(C)=CCC3(O)C(=C)CC(OC(C)=O)C21. The number of esters is 3. The van der Waals surface area contributed by atoms with Crippen LogP contribution in [0.5, 0.6) is 0 Å². The smallest absolute Gasteiger partial charge is 0.334 e. The Morgan fingerprint density at radius 3 is 2.55 bits per heavy atom. The van der Waals surface area contributed by atoms with E-state index in [1.807, 2.05) is 39.0 Å². The third kappa shape index (κ3) is 2.69. The summed E-state index contributed by atoms with van der Waals surface area (Å²) in [6, 6.07) is 0. The molecule has 12 unspecified atom stereocenters. The lowest BCUT2D eigenvalue weighted by Crippen LogP contribution is -2.53. The molecule has 8 heteroatoms. The zero-order chi connectivity index (χ0) is 28.8. The molecule has 2 heterocycles. The number of allylic oxidation sites excluding steroid dienone is 1. The summed E-state index contributed by atoms with van der Waals surface area (Å²) in [5, 5.41) is 24.1. The number of fused-ring (bicyclic) bond motifs is 6. The van der Waals surface area contributed by atoms with Gasteiger partial charge in [-0.05, 0) is 45.1 Å². The fourth-order valence-corrected chi connectivity index (χ4v) is 10.6. The quantitative estimate of drug-likeness (QED) is 0.221. The van der Waals surface area contributed by atoms with Crippen LogP contribution in [-0.2, 0) is 28.6 Å². The third-order valence-corrected chi connectivity index (χ3v) is 12.5. The summed E-state index contributed by atoms with van der Waals surface area (Å²) < 4.78 is 18.4. The third-order valence-electron chi connectivity index (χ3n) is 12.5. The van der Waals surface area contributed by atoms with Crippen LogP contribution < -0.4 is 0 Å². The maximum atomic E-state index is 14.5. The van der Waals surface area contributed by atoms with Gasteiger partial charge in [0.05, 0.1) is 28.5 Å².